The Morgan fingerprint density at radius 2 is 2.24 bits per heavy atom. The Morgan fingerprint density at radius 1 is 1.48 bits per heavy atom. The molecule has 1 aromatic rings. The number of benzene rings is 1. The van der Waals surface area contributed by atoms with Crippen LogP contribution in [0.5, 0.6) is 5.75 Å². The minimum Gasteiger partial charge on any atom is -0.502 e. The van der Waals surface area contributed by atoms with E-state index in [9.17, 15) is 20.0 Å². The van der Waals surface area contributed by atoms with Gasteiger partial charge in [-0.1, -0.05) is 6.42 Å². The van der Waals surface area contributed by atoms with Gasteiger partial charge in [0.1, 0.15) is 0 Å². The summed E-state index contributed by atoms with van der Waals surface area (Å²) in [5.41, 5.74) is -0.156. The molecule has 0 aromatic heterocycles. The number of thioether (sulfide) groups is 1. The average molecular weight is 310 g/mol. The summed E-state index contributed by atoms with van der Waals surface area (Å²) in [6.45, 7) is 0. The van der Waals surface area contributed by atoms with Crippen molar-refractivity contribution in [1.82, 2.24) is 5.32 Å². The zero-order valence-corrected chi connectivity index (χ0v) is 12.6. The van der Waals surface area contributed by atoms with E-state index in [0.717, 1.165) is 31.4 Å². The lowest BCUT2D eigenvalue weighted by atomic mass is 9.94. The van der Waals surface area contributed by atoms with Crippen molar-refractivity contribution in [2.45, 2.75) is 37.0 Å². The summed E-state index contributed by atoms with van der Waals surface area (Å²) in [6, 6.07) is 3.78. The molecular weight excluding hydrogens is 292 g/mol. The van der Waals surface area contributed by atoms with Crippen molar-refractivity contribution < 1.29 is 14.8 Å². The van der Waals surface area contributed by atoms with Gasteiger partial charge in [-0.2, -0.15) is 11.8 Å². The Labute approximate surface area is 127 Å². The smallest absolute Gasteiger partial charge is 0.310 e. The van der Waals surface area contributed by atoms with Crippen LogP contribution in [0, 0.1) is 10.1 Å². The number of hydrogen-bond acceptors (Lipinski definition) is 5. The summed E-state index contributed by atoms with van der Waals surface area (Å²) >= 11 is 1.81. The summed E-state index contributed by atoms with van der Waals surface area (Å²) < 4.78 is 0. The largest absolute Gasteiger partial charge is 0.502 e. The molecule has 0 saturated heterocycles. The van der Waals surface area contributed by atoms with Crippen molar-refractivity contribution in [1.29, 1.82) is 0 Å². The maximum atomic E-state index is 12.1. The van der Waals surface area contributed by atoms with E-state index in [-0.39, 0.29) is 17.5 Å². The van der Waals surface area contributed by atoms with Crippen molar-refractivity contribution >= 4 is 23.4 Å². The van der Waals surface area contributed by atoms with Crippen LogP contribution in [0.15, 0.2) is 18.2 Å². The first-order chi connectivity index (χ1) is 10.0. The highest BCUT2D eigenvalue weighted by Crippen LogP contribution is 2.28. The van der Waals surface area contributed by atoms with E-state index in [4.69, 9.17) is 0 Å². The highest BCUT2D eigenvalue weighted by atomic mass is 32.2. The van der Waals surface area contributed by atoms with E-state index in [1.54, 1.807) is 0 Å². The molecule has 1 aliphatic rings. The van der Waals surface area contributed by atoms with Gasteiger partial charge in [-0.3, -0.25) is 14.9 Å². The van der Waals surface area contributed by atoms with Crippen LogP contribution in [-0.2, 0) is 0 Å². The second-order valence-electron chi connectivity index (χ2n) is 5.16. The number of phenolic OH excluding ortho intramolecular Hbond substituents is 1. The first-order valence-electron chi connectivity index (χ1n) is 6.82. The number of carbonyl (C=O) groups is 1. The SMILES string of the molecule is CS[C@H]1CCC[C@@H](NC(=O)c2ccc([N+](=O)[O-])c(O)c2)C1. The average Bonchev–Trinajstić information content (AvgIpc) is 2.46. The van der Waals surface area contributed by atoms with Crippen LogP contribution in [0.4, 0.5) is 5.69 Å². The van der Waals surface area contributed by atoms with Crippen LogP contribution in [0.25, 0.3) is 0 Å². The van der Waals surface area contributed by atoms with E-state index in [0.29, 0.717) is 5.25 Å². The second kappa shape index (κ2) is 6.80. The van der Waals surface area contributed by atoms with Crippen molar-refractivity contribution in [3.05, 3.63) is 33.9 Å². The van der Waals surface area contributed by atoms with Gasteiger partial charge in [0.2, 0.25) is 0 Å². The summed E-state index contributed by atoms with van der Waals surface area (Å²) in [4.78, 5) is 22.1. The summed E-state index contributed by atoms with van der Waals surface area (Å²) in [5.74, 6) is -0.787. The number of hydrogen-bond donors (Lipinski definition) is 2. The predicted molar refractivity (Wildman–Crippen MR) is 81.8 cm³/mol. The minimum absolute atomic E-state index is 0.126. The molecule has 0 radical (unpaired) electrons. The molecule has 6 nitrogen and oxygen atoms in total. The fraction of sp³-hybridized carbons (Fsp3) is 0.500. The Hall–Kier alpha value is -1.76. The molecule has 2 atom stereocenters. The van der Waals surface area contributed by atoms with Gasteiger partial charge in [-0.05, 0) is 37.7 Å². The normalized spacial score (nSPS) is 21.8. The number of nitrogens with zero attached hydrogens (tertiary/aromatic N) is 1. The molecule has 1 aromatic carbocycles. The maximum Gasteiger partial charge on any atom is 0.310 e. The Morgan fingerprint density at radius 3 is 2.86 bits per heavy atom. The fourth-order valence-corrected chi connectivity index (χ4v) is 3.41. The molecule has 21 heavy (non-hydrogen) atoms. The van der Waals surface area contributed by atoms with Gasteiger partial charge in [0.15, 0.2) is 5.75 Å². The van der Waals surface area contributed by atoms with E-state index in [1.165, 1.54) is 12.5 Å². The van der Waals surface area contributed by atoms with E-state index >= 15 is 0 Å². The van der Waals surface area contributed by atoms with E-state index < -0.39 is 16.4 Å². The molecule has 1 amide bonds. The van der Waals surface area contributed by atoms with Crippen molar-refractivity contribution in [3.8, 4) is 5.75 Å². The molecule has 7 heteroatoms. The van der Waals surface area contributed by atoms with Crippen LogP contribution in [0.3, 0.4) is 0 Å². The van der Waals surface area contributed by atoms with Gasteiger partial charge in [0, 0.05) is 22.9 Å². The van der Waals surface area contributed by atoms with Crippen molar-refractivity contribution in [2.24, 2.45) is 0 Å². The van der Waals surface area contributed by atoms with Crippen LogP contribution >= 0.6 is 11.8 Å². The van der Waals surface area contributed by atoms with Gasteiger partial charge in [-0.25, -0.2) is 0 Å². The lowest BCUT2D eigenvalue weighted by Gasteiger charge is -2.28. The monoisotopic (exact) mass is 310 g/mol. The van der Waals surface area contributed by atoms with Crippen molar-refractivity contribution in [2.75, 3.05) is 6.26 Å². The van der Waals surface area contributed by atoms with Gasteiger partial charge in [0.25, 0.3) is 5.91 Å². The molecule has 0 unspecified atom stereocenters. The Bertz CT molecular complexity index is 550. The minimum atomic E-state index is -0.679. The predicted octanol–water partition coefficient (Wildman–Crippen LogP) is 2.70. The lowest BCUT2D eigenvalue weighted by molar-refractivity contribution is -0.385. The zero-order valence-electron chi connectivity index (χ0n) is 11.7. The summed E-state index contributed by atoms with van der Waals surface area (Å²) in [6.07, 6.45) is 6.21. The van der Waals surface area contributed by atoms with Crippen LogP contribution in [0.2, 0.25) is 0 Å². The van der Waals surface area contributed by atoms with Gasteiger partial charge >= 0.3 is 5.69 Å². The molecule has 2 N–H and O–H groups in total. The first kappa shape index (κ1) is 15.6. The van der Waals surface area contributed by atoms with E-state index in [1.807, 2.05) is 11.8 Å². The molecule has 0 heterocycles. The third kappa shape index (κ3) is 3.87. The summed E-state index contributed by atoms with van der Waals surface area (Å²) in [7, 11) is 0. The quantitative estimate of drug-likeness (QED) is 0.659. The number of nitro groups is 1. The standard InChI is InChI=1S/C14H18N2O4S/c1-21-11-4-2-3-10(8-11)15-14(18)9-5-6-12(16(19)20)13(17)7-9/h5-7,10-11,17H,2-4,8H2,1H3,(H,15,18)/t10-,11+/m1/s1. The number of carbonyl (C=O) groups excluding carboxylic acids is 1. The molecule has 1 fully saturated rings. The van der Waals surface area contributed by atoms with Crippen LogP contribution < -0.4 is 5.32 Å². The zero-order chi connectivity index (χ0) is 15.4. The third-order valence-corrected chi connectivity index (χ3v) is 4.82. The topological polar surface area (TPSA) is 92.5 Å². The maximum absolute atomic E-state index is 12.1. The Balaban J connectivity index is 2.03. The second-order valence-corrected chi connectivity index (χ2v) is 6.29. The van der Waals surface area contributed by atoms with Crippen molar-refractivity contribution in [3.63, 3.8) is 0 Å². The number of nitro benzene ring substituents is 1. The van der Waals surface area contributed by atoms with Crippen LogP contribution in [0.1, 0.15) is 36.0 Å². The molecular formula is C14H18N2O4S. The van der Waals surface area contributed by atoms with Gasteiger partial charge in [0.05, 0.1) is 4.92 Å². The molecule has 1 saturated carbocycles. The molecule has 114 valence electrons. The van der Waals surface area contributed by atoms with E-state index in [2.05, 4.69) is 11.6 Å². The number of phenols is 1. The number of amides is 1. The molecule has 1 aliphatic carbocycles. The summed E-state index contributed by atoms with van der Waals surface area (Å²) in [5, 5.41) is 23.7. The molecule has 0 spiro atoms. The molecule has 0 aliphatic heterocycles. The highest BCUT2D eigenvalue weighted by Gasteiger charge is 2.23. The van der Waals surface area contributed by atoms with Gasteiger partial charge < -0.3 is 10.4 Å². The third-order valence-electron chi connectivity index (χ3n) is 3.73. The number of rotatable bonds is 4. The number of nitrogens with one attached hydrogen (secondary N) is 1. The fourth-order valence-electron chi connectivity index (χ4n) is 2.58. The lowest BCUT2D eigenvalue weighted by Crippen LogP contribution is -2.39. The van der Waals surface area contributed by atoms with Crippen LogP contribution in [-0.4, -0.2) is 33.5 Å². The van der Waals surface area contributed by atoms with Gasteiger partial charge in [-0.15, -0.1) is 0 Å². The highest BCUT2D eigenvalue weighted by molar-refractivity contribution is 7.99. The first-order valence-corrected chi connectivity index (χ1v) is 8.11. The molecule has 0 bridgehead atoms. The number of aromatic hydroxyl groups is 1. The molecule has 2 rings (SSSR count). The Kier molecular flexibility index (Phi) is 5.06.